The van der Waals surface area contributed by atoms with Crippen molar-refractivity contribution in [2.75, 3.05) is 19.6 Å². The number of hydrogen-bond acceptors (Lipinski definition) is 3. The molecule has 1 saturated heterocycles. The Morgan fingerprint density at radius 3 is 2.62 bits per heavy atom. The summed E-state index contributed by atoms with van der Waals surface area (Å²) >= 11 is 0. The lowest BCUT2D eigenvalue weighted by atomic mass is 9.91. The van der Waals surface area contributed by atoms with E-state index in [2.05, 4.69) is 37.1 Å². The Kier molecular flexibility index (Phi) is 5.46. The van der Waals surface area contributed by atoms with Crippen molar-refractivity contribution in [1.82, 2.24) is 10.2 Å². The van der Waals surface area contributed by atoms with Crippen molar-refractivity contribution in [1.29, 1.82) is 0 Å². The first-order chi connectivity index (χ1) is 7.52. The average Bonchev–Trinajstić information content (AvgIpc) is 2.08. The summed E-state index contributed by atoms with van der Waals surface area (Å²) in [4.78, 5) is 2.52. The van der Waals surface area contributed by atoms with Crippen LogP contribution in [0.1, 0.15) is 34.1 Å². The highest BCUT2D eigenvalue weighted by molar-refractivity contribution is 5.12. The van der Waals surface area contributed by atoms with Gasteiger partial charge in [-0.25, -0.2) is 0 Å². The zero-order valence-electron chi connectivity index (χ0n) is 11.2. The van der Waals surface area contributed by atoms with Gasteiger partial charge < -0.3 is 10.6 Å². The normalized spacial score (nSPS) is 22.9. The molecule has 16 heavy (non-hydrogen) atoms. The third kappa shape index (κ3) is 4.24. The van der Waals surface area contributed by atoms with Crippen LogP contribution in [0.4, 0.5) is 0 Å². The van der Waals surface area contributed by atoms with E-state index in [9.17, 15) is 0 Å². The molecule has 1 aliphatic rings. The van der Waals surface area contributed by atoms with Gasteiger partial charge in [0.05, 0.1) is 6.17 Å². The summed E-state index contributed by atoms with van der Waals surface area (Å²) < 4.78 is 0. The van der Waals surface area contributed by atoms with Gasteiger partial charge in [-0.15, -0.1) is 0 Å². The maximum absolute atomic E-state index is 5.70. The third-order valence-electron chi connectivity index (χ3n) is 3.18. The van der Waals surface area contributed by atoms with Crippen LogP contribution in [0.5, 0.6) is 0 Å². The van der Waals surface area contributed by atoms with E-state index >= 15 is 0 Å². The van der Waals surface area contributed by atoms with Crippen LogP contribution in [0.25, 0.3) is 0 Å². The summed E-state index contributed by atoms with van der Waals surface area (Å²) in [5.74, 6) is 0.767. The predicted octanol–water partition coefficient (Wildman–Crippen LogP) is 1.56. The maximum Gasteiger partial charge on any atom is 0.0521 e. The third-order valence-corrected chi connectivity index (χ3v) is 3.18. The van der Waals surface area contributed by atoms with E-state index in [-0.39, 0.29) is 6.17 Å². The van der Waals surface area contributed by atoms with Crippen molar-refractivity contribution in [3.05, 3.63) is 11.6 Å². The van der Waals surface area contributed by atoms with E-state index < -0.39 is 0 Å². The highest BCUT2D eigenvalue weighted by Crippen LogP contribution is 2.23. The number of nitrogens with zero attached hydrogens (tertiary/aromatic N) is 1. The van der Waals surface area contributed by atoms with E-state index in [0.717, 1.165) is 5.92 Å². The Bertz CT molecular complexity index is 229. The fourth-order valence-electron chi connectivity index (χ4n) is 2.35. The molecule has 1 heterocycles. The molecule has 0 aromatic heterocycles. The minimum absolute atomic E-state index is 0.0667. The summed E-state index contributed by atoms with van der Waals surface area (Å²) in [5, 5.41) is 3.30. The van der Waals surface area contributed by atoms with Crippen LogP contribution < -0.4 is 11.1 Å². The molecule has 0 bridgehead atoms. The van der Waals surface area contributed by atoms with Crippen molar-refractivity contribution in [2.24, 2.45) is 11.7 Å². The van der Waals surface area contributed by atoms with Crippen molar-refractivity contribution >= 4 is 0 Å². The van der Waals surface area contributed by atoms with Crippen molar-refractivity contribution in [3.8, 4) is 0 Å². The molecule has 0 amide bonds. The van der Waals surface area contributed by atoms with E-state index in [1.807, 2.05) is 6.92 Å². The first kappa shape index (κ1) is 13.7. The maximum atomic E-state index is 5.70. The zero-order valence-corrected chi connectivity index (χ0v) is 11.2. The standard InChI is InChI=1S/C13H27N3/c1-5-6-16-8-13(9-16)10(2)7-11(3)15-12(4)14/h7,11-13,15H,5-6,8-9,14H2,1-4H3/b10-7+. The summed E-state index contributed by atoms with van der Waals surface area (Å²) in [5.41, 5.74) is 7.21. The van der Waals surface area contributed by atoms with E-state index in [1.165, 1.54) is 31.6 Å². The van der Waals surface area contributed by atoms with Crippen molar-refractivity contribution < 1.29 is 0 Å². The molecule has 0 aliphatic carbocycles. The second-order valence-electron chi connectivity index (χ2n) is 5.11. The predicted molar refractivity (Wildman–Crippen MR) is 70.2 cm³/mol. The van der Waals surface area contributed by atoms with Gasteiger partial charge in [-0.2, -0.15) is 0 Å². The van der Waals surface area contributed by atoms with Crippen LogP contribution in [-0.2, 0) is 0 Å². The molecule has 3 heteroatoms. The second-order valence-corrected chi connectivity index (χ2v) is 5.11. The fourth-order valence-corrected chi connectivity index (χ4v) is 2.35. The van der Waals surface area contributed by atoms with Crippen LogP contribution in [0.2, 0.25) is 0 Å². The van der Waals surface area contributed by atoms with Gasteiger partial charge in [-0.1, -0.05) is 18.6 Å². The molecule has 0 aromatic rings. The molecule has 0 spiro atoms. The molecule has 2 unspecified atom stereocenters. The molecule has 3 N–H and O–H groups in total. The molecular weight excluding hydrogens is 198 g/mol. The Morgan fingerprint density at radius 1 is 1.50 bits per heavy atom. The first-order valence-electron chi connectivity index (χ1n) is 6.45. The number of hydrogen-bond donors (Lipinski definition) is 2. The summed E-state index contributed by atoms with van der Waals surface area (Å²) in [7, 11) is 0. The smallest absolute Gasteiger partial charge is 0.0521 e. The highest BCUT2D eigenvalue weighted by Gasteiger charge is 2.26. The number of likely N-dealkylation sites (tertiary alicyclic amines) is 1. The van der Waals surface area contributed by atoms with Gasteiger partial charge in [0.2, 0.25) is 0 Å². The van der Waals surface area contributed by atoms with Gasteiger partial charge in [-0.05, 0) is 33.7 Å². The van der Waals surface area contributed by atoms with Crippen LogP contribution in [0.15, 0.2) is 11.6 Å². The topological polar surface area (TPSA) is 41.3 Å². The summed E-state index contributed by atoms with van der Waals surface area (Å²) in [6.45, 7) is 12.3. The van der Waals surface area contributed by atoms with Crippen LogP contribution in [0, 0.1) is 5.92 Å². The first-order valence-corrected chi connectivity index (χ1v) is 6.45. The SMILES string of the molecule is CCCN1CC(/C(C)=C/C(C)NC(C)N)C1. The molecule has 0 radical (unpaired) electrons. The van der Waals surface area contributed by atoms with E-state index in [0.29, 0.717) is 6.04 Å². The molecule has 3 nitrogen and oxygen atoms in total. The largest absolute Gasteiger partial charge is 0.316 e. The van der Waals surface area contributed by atoms with E-state index in [4.69, 9.17) is 5.73 Å². The van der Waals surface area contributed by atoms with Gasteiger partial charge in [0, 0.05) is 25.0 Å². The lowest BCUT2D eigenvalue weighted by molar-refractivity contribution is 0.123. The fraction of sp³-hybridized carbons (Fsp3) is 0.846. The van der Waals surface area contributed by atoms with Gasteiger partial charge >= 0.3 is 0 Å². The second kappa shape index (κ2) is 6.38. The molecule has 1 rings (SSSR count). The minimum atomic E-state index is 0.0667. The highest BCUT2D eigenvalue weighted by atomic mass is 15.2. The summed E-state index contributed by atoms with van der Waals surface area (Å²) in [6, 6.07) is 0.375. The van der Waals surface area contributed by atoms with Crippen LogP contribution in [0.3, 0.4) is 0 Å². The summed E-state index contributed by atoms with van der Waals surface area (Å²) in [6.07, 6.45) is 3.65. The van der Waals surface area contributed by atoms with Gasteiger partial charge in [0.25, 0.3) is 0 Å². The monoisotopic (exact) mass is 225 g/mol. The van der Waals surface area contributed by atoms with Crippen LogP contribution >= 0.6 is 0 Å². The Hall–Kier alpha value is -0.380. The molecule has 2 atom stereocenters. The molecule has 1 aliphatic heterocycles. The minimum Gasteiger partial charge on any atom is -0.316 e. The molecule has 0 saturated carbocycles. The van der Waals surface area contributed by atoms with Crippen molar-refractivity contribution in [2.45, 2.75) is 46.3 Å². The Morgan fingerprint density at radius 2 is 2.12 bits per heavy atom. The number of nitrogens with two attached hydrogens (primary N) is 1. The molecular formula is C13H27N3. The van der Waals surface area contributed by atoms with Gasteiger partial charge in [0.15, 0.2) is 0 Å². The van der Waals surface area contributed by atoms with Gasteiger partial charge in [0.1, 0.15) is 0 Å². The van der Waals surface area contributed by atoms with E-state index in [1.54, 1.807) is 0 Å². The van der Waals surface area contributed by atoms with Crippen LogP contribution in [-0.4, -0.2) is 36.7 Å². The lowest BCUT2D eigenvalue weighted by Crippen LogP contribution is -2.47. The van der Waals surface area contributed by atoms with Crippen molar-refractivity contribution in [3.63, 3.8) is 0 Å². The number of rotatable bonds is 6. The quantitative estimate of drug-likeness (QED) is 0.532. The Labute approximate surface area is 100 Å². The molecule has 0 aromatic carbocycles. The Balaban J connectivity index is 2.30. The lowest BCUT2D eigenvalue weighted by Gasteiger charge is -2.40. The zero-order chi connectivity index (χ0) is 12.1. The molecule has 94 valence electrons. The van der Waals surface area contributed by atoms with Gasteiger partial charge in [-0.3, -0.25) is 5.32 Å². The number of nitrogens with one attached hydrogen (secondary N) is 1. The molecule has 1 fully saturated rings. The average molecular weight is 225 g/mol.